The summed E-state index contributed by atoms with van der Waals surface area (Å²) in [6.07, 6.45) is 5.20. The van der Waals surface area contributed by atoms with Crippen LogP contribution in [0.25, 0.3) is 0 Å². The highest BCUT2D eigenvalue weighted by molar-refractivity contribution is 5.75. The molecule has 2 saturated heterocycles. The maximum Gasteiger partial charge on any atom is 0.309 e. The quantitative estimate of drug-likeness (QED) is 0.605. The van der Waals surface area contributed by atoms with Crippen LogP contribution in [0.2, 0.25) is 0 Å². The average molecular weight is 463 g/mol. The molecule has 2 fully saturated rings. The number of aromatic nitrogens is 1. The van der Waals surface area contributed by atoms with Gasteiger partial charge in [-0.05, 0) is 50.8 Å². The number of ether oxygens (including phenoxy) is 1. The first kappa shape index (κ1) is 24.4. The van der Waals surface area contributed by atoms with Crippen molar-refractivity contribution in [3.63, 3.8) is 0 Å². The normalized spacial score (nSPS) is 24.1. The van der Waals surface area contributed by atoms with Crippen LogP contribution in [0.1, 0.15) is 38.3 Å². The lowest BCUT2D eigenvalue weighted by Crippen LogP contribution is -2.57. The molecular formula is C28H38N4O2. The molecule has 4 rings (SSSR count). The highest BCUT2D eigenvalue weighted by Gasteiger charge is 2.38. The summed E-state index contributed by atoms with van der Waals surface area (Å²) in [5.74, 6) is -0.124. The Labute approximate surface area is 204 Å². The third-order valence-corrected chi connectivity index (χ3v) is 6.57. The number of esters is 1. The van der Waals surface area contributed by atoms with Crippen molar-refractivity contribution in [1.82, 2.24) is 20.1 Å². The largest absolute Gasteiger partial charge is 0.461 e. The number of piperazine rings is 1. The van der Waals surface area contributed by atoms with Gasteiger partial charge in [-0.2, -0.15) is 0 Å². The first-order valence-corrected chi connectivity index (χ1v) is 12.3. The second-order valence-electron chi connectivity index (χ2n) is 10.7. The maximum atomic E-state index is 12.6. The molecule has 0 saturated carbocycles. The van der Waals surface area contributed by atoms with E-state index in [2.05, 4.69) is 65.6 Å². The van der Waals surface area contributed by atoms with E-state index in [1.807, 2.05) is 36.7 Å². The van der Waals surface area contributed by atoms with Crippen molar-refractivity contribution in [3.8, 4) is 0 Å². The number of pyridine rings is 1. The Balaban J connectivity index is 1.40. The average Bonchev–Trinajstić information content (AvgIpc) is 3.13. The van der Waals surface area contributed by atoms with Crippen molar-refractivity contribution in [2.24, 2.45) is 5.92 Å². The van der Waals surface area contributed by atoms with Crippen LogP contribution >= 0.6 is 0 Å². The van der Waals surface area contributed by atoms with Gasteiger partial charge in [0.15, 0.2) is 0 Å². The van der Waals surface area contributed by atoms with E-state index in [4.69, 9.17) is 4.74 Å². The van der Waals surface area contributed by atoms with E-state index < -0.39 is 0 Å². The number of rotatable bonds is 8. The zero-order valence-corrected chi connectivity index (χ0v) is 20.7. The van der Waals surface area contributed by atoms with Gasteiger partial charge in [-0.15, -0.1) is 0 Å². The van der Waals surface area contributed by atoms with Gasteiger partial charge >= 0.3 is 5.97 Å². The molecule has 6 nitrogen and oxygen atoms in total. The smallest absolute Gasteiger partial charge is 0.309 e. The Morgan fingerprint density at radius 3 is 2.62 bits per heavy atom. The Morgan fingerprint density at radius 2 is 1.91 bits per heavy atom. The van der Waals surface area contributed by atoms with Crippen molar-refractivity contribution < 1.29 is 9.53 Å². The molecule has 3 atom stereocenters. The molecule has 2 aliphatic heterocycles. The molecule has 2 aliphatic rings. The minimum Gasteiger partial charge on any atom is -0.461 e. The first-order valence-electron chi connectivity index (χ1n) is 12.3. The summed E-state index contributed by atoms with van der Waals surface area (Å²) in [5, 5.41) is 3.60. The van der Waals surface area contributed by atoms with E-state index in [0.29, 0.717) is 0 Å². The lowest BCUT2D eigenvalue weighted by Gasteiger charge is -2.44. The molecule has 0 aliphatic carbocycles. The molecule has 1 aromatic carbocycles. The number of cyclic esters (lactones) is 1. The van der Waals surface area contributed by atoms with E-state index in [1.54, 1.807) is 0 Å². The zero-order valence-electron chi connectivity index (χ0n) is 20.7. The summed E-state index contributed by atoms with van der Waals surface area (Å²) in [7, 11) is 0. The Hall–Kier alpha value is -2.70. The summed E-state index contributed by atoms with van der Waals surface area (Å²) in [6, 6.07) is 14.5. The fraction of sp³-hybridized carbons (Fsp3) is 0.500. The Morgan fingerprint density at radius 1 is 1.15 bits per heavy atom. The maximum absolute atomic E-state index is 12.6. The predicted molar refractivity (Wildman–Crippen MR) is 135 cm³/mol. The van der Waals surface area contributed by atoms with E-state index in [9.17, 15) is 4.79 Å². The summed E-state index contributed by atoms with van der Waals surface area (Å²) < 4.78 is 5.85. The number of nitrogens with one attached hydrogen (secondary N) is 1. The third kappa shape index (κ3) is 6.67. The second kappa shape index (κ2) is 10.7. The van der Waals surface area contributed by atoms with Crippen LogP contribution < -0.4 is 5.32 Å². The number of benzene rings is 1. The van der Waals surface area contributed by atoms with Gasteiger partial charge in [-0.1, -0.05) is 43.0 Å². The standard InChI is InChI=1S/C28H38N4O2/c1-21(30-28(2,3)4)26-20-31(18-23-11-8-12-29-17-23)13-14-32(26)19-25-16-24(27(33)34-25)15-22-9-6-5-7-10-22/h5-12,17,24-26,30H,1,13-16,18-20H2,2-4H3/t24-,25?,26+/m1/s1. The molecule has 1 aromatic heterocycles. The Bertz CT molecular complexity index is 957. The summed E-state index contributed by atoms with van der Waals surface area (Å²) in [5.41, 5.74) is 3.37. The van der Waals surface area contributed by atoms with Gasteiger partial charge in [0.2, 0.25) is 0 Å². The molecule has 34 heavy (non-hydrogen) atoms. The van der Waals surface area contributed by atoms with Crippen LogP contribution in [0.4, 0.5) is 0 Å². The lowest BCUT2D eigenvalue weighted by atomic mass is 9.95. The Kier molecular flexibility index (Phi) is 7.69. The van der Waals surface area contributed by atoms with Gasteiger partial charge in [0.25, 0.3) is 0 Å². The third-order valence-electron chi connectivity index (χ3n) is 6.57. The molecule has 3 heterocycles. The van der Waals surface area contributed by atoms with Crippen LogP contribution in [0.5, 0.6) is 0 Å². The summed E-state index contributed by atoms with van der Waals surface area (Å²) in [4.78, 5) is 21.8. The van der Waals surface area contributed by atoms with Crippen molar-refractivity contribution in [1.29, 1.82) is 0 Å². The van der Waals surface area contributed by atoms with Crippen LogP contribution in [-0.2, 0) is 22.5 Å². The van der Waals surface area contributed by atoms with E-state index >= 15 is 0 Å². The summed E-state index contributed by atoms with van der Waals surface area (Å²) >= 11 is 0. The van der Waals surface area contributed by atoms with Crippen molar-refractivity contribution >= 4 is 5.97 Å². The van der Waals surface area contributed by atoms with E-state index in [-0.39, 0.29) is 29.6 Å². The molecule has 1 unspecified atom stereocenters. The molecule has 0 amide bonds. The van der Waals surface area contributed by atoms with Crippen LogP contribution in [0.3, 0.4) is 0 Å². The van der Waals surface area contributed by atoms with Crippen molar-refractivity contribution in [2.45, 2.75) is 57.8 Å². The SMILES string of the molecule is C=C(NC(C)(C)C)[C@@H]1CN(Cc2cccnc2)CCN1CC1C[C@@H](Cc2ccccc2)C(=O)O1. The topological polar surface area (TPSA) is 57.7 Å². The number of hydrogen-bond acceptors (Lipinski definition) is 6. The van der Waals surface area contributed by atoms with Gasteiger partial charge in [0.05, 0.1) is 12.0 Å². The number of nitrogens with zero attached hydrogens (tertiary/aromatic N) is 3. The second-order valence-corrected chi connectivity index (χ2v) is 10.7. The number of carbonyl (C=O) groups excluding carboxylic acids is 1. The van der Waals surface area contributed by atoms with Gasteiger partial charge in [-0.25, -0.2) is 0 Å². The molecule has 0 bridgehead atoms. The lowest BCUT2D eigenvalue weighted by molar-refractivity contribution is -0.145. The number of carbonyl (C=O) groups is 1. The molecule has 0 spiro atoms. The van der Waals surface area contributed by atoms with Crippen LogP contribution in [0.15, 0.2) is 67.1 Å². The van der Waals surface area contributed by atoms with Crippen molar-refractivity contribution in [3.05, 3.63) is 78.3 Å². The number of hydrogen-bond donors (Lipinski definition) is 1. The van der Waals surface area contributed by atoms with Crippen molar-refractivity contribution in [2.75, 3.05) is 26.2 Å². The monoisotopic (exact) mass is 462 g/mol. The molecular weight excluding hydrogens is 424 g/mol. The summed E-state index contributed by atoms with van der Waals surface area (Å²) in [6.45, 7) is 15.3. The van der Waals surface area contributed by atoms with E-state index in [0.717, 1.165) is 51.3 Å². The van der Waals surface area contributed by atoms with Crippen LogP contribution in [0, 0.1) is 5.92 Å². The fourth-order valence-corrected chi connectivity index (χ4v) is 5.05. The molecule has 1 N–H and O–H groups in total. The highest BCUT2D eigenvalue weighted by atomic mass is 16.6. The van der Waals surface area contributed by atoms with Gasteiger partial charge in [0.1, 0.15) is 6.10 Å². The minimum absolute atomic E-state index is 0.0605. The zero-order chi connectivity index (χ0) is 24.1. The molecule has 6 heteroatoms. The first-order chi connectivity index (χ1) is 16.3. The predicted octanol–water partition coefficient (Wildman–Crippen LogP) is 3.64. The molecule has 182 valence electrons. The highest BCUT2D eigenvalue weighted by Crippen LogP contribution is 2.27. The fourth-order valence-electron chi connectivity index (χ4n) is 5.05. The van der Waals surface area contributed by atoms with Gasteiger partial charge in [-0.3, -0.25) is 19.6 Å². The molecule has 2 aromatic rings. The minimum atomic E-state index is -0.0731. The molecule has 0 radical (unpaired) electrons. The van der Waals surface area contributed by atoms with Gasteiger partial charge < -0.3 is 10.1 Å². The van der Waals surface area contributed by atoms with E-state index in [1.165, 1.54) is 11.1 Å². The van der Waals surface area contributed by atoms with Gasteiger partial charge in [0, 0.05) is 56.4 Å². The van der Waals surface area contributed by atoms with Crippen LogP contribution in [-0.4, -0.2) is 64.6 Å².